The van der Waals surface area contributed by atoms with Crippen molar-refractivity contribution in [3.8, 4) is 56.5 Å². The van der Waals surface area contributed by atoms with Gasteiger partial charge in [0.15, 0.2) is 23.1 Å². The SMILES string of the molecule is C1=Cc2c(-c3ccc(-c4nc(-c5ccccc5)nc(-c5ccc(-c6nc7ccccc7c7c6oc6ccccc67)c6ccccc56)n4)cc3)cc3ccccc3c2CC1. The Balaban J connectivity index is 1.02. The Morgan fingerprint density at radius 2 is 1.05 bits per heavy atom. The van der Waals surface area contributed by atoms with Gasteiger partial charge in [0.2, 0.25) is 0 Å². The molecule has 0 saturated carbocycles. The molecule has 0 unspecified atom stereocenters. The van der Waals surface area contributed by atoms with Crippen molar-refractivity contribution in [1.29, 1.82) is 0 Å². The van der Waals surface area contributed by atoms with Crippen LogP contribution in [0.5, 0.6) is 0 Å². The number of hydrogen-bond donors (Lipinski definition) is 0. The average Bonchev–Trinajstić information content (AvgIpc) is 3.71. The predicted molar refractivity (Wildman–Crippen MR) is 242 cm³/mol. The van der Waals surface area contributed by atoms with E-state index in [1.54, 1.807) is 0 Å². The molecule has 3 heterocycles. The number of nitrogens with zero attached hydrogens (tertiary/aromatic N) is 4. The van der Waals surface area contributed by atoms with Gasteiger partial charge in [-0.05, 0) is 80.9 Å². The molecule has 11 aromatic rings. The largest absolute Gasteiger partial charge is 0.454 e. The summed E-state index contributed by atoms with van der Waals surface area (Å²) in [4.78, 5) is 20.7. The standard InChI is InChI=1S/C54H34N4O/c1-2-14-34(15-3-1)52-56-53(35-28-26-33(27-29-35)46-32-36-16-4-5-17-37(36)38-18-6-9-21-41(38)46)58-54(57-52)43-31-30-42(39-19-7-8-20-40(39)43)50-51-49(44-22-10-12-24-47(44)55-50)45-23-11-13-25-48(45)59-51/h1-5,7-17,19-32H,6,18H2. The van der Waals surface area contributed by atoms with Gasteiger partial charge in [0.05, 0.1) is 5.52 Å². The van der Waals surface area contributed by atoms with E-state index in [0.29, 0.717) is 17.5 Å². The van der Waals surface area contributed by atoms with Crippen LogP contribution in [-0.4, -0.2) is 19.9 Å². The Bertz CT molecular complexity index is 3490. The quantitative estimate of drug-likeness (QED) is 0.175. The average molecular weight is 755 g/mol. The van der Waals surface area contributed by atoms with Crippen molar-refractivity contribution < 1.29 is 4.42 Å². The number of fused-ring (bicyclic) bond motifs is 9. The van der Waals surface area contributed by atoms with Gasteiger partial charge in [0.1, 0.15) is 11.3 Å². The Kier molecular flexibility index (Phi) is 7.60. The number of benzene rings is 8. The molecule has 5 heteroatoms. The van der Waals surface area contributed by atoms with Gasteiger partial charge in [-0.2, -0.15) is 0 Å². The summed E-state index contributed by atoms with van der Waals surface area (Å²) in [5.41, 5.74) is 12.3. The molecule has 0 bridgehead atoms. The molecular weight excluding hydrogens is 721 g/mol. The normalized spacial score (nSPS) is 12.5. The molecule has 0 aliphatic heterocycles. The van der Waals surface area contributed by atoms with E-state index in [4.69, 9.17) is 24.4 Å². The molecule has 8 aromatic carbocycles. The van der Waals surface area contributed by atoms with E-state index in [2.05, 4.69) is 133 Å². The number of furan rings is 1. The fourth-order valence-corrected chi connectivity index (χ4v) is 9.02. The van der Waals surface area contributed by atoms with E-state index >= 15 is 0 Å². The van der Waals surface area contributed by atoms with Crippen molar-refractivity contribution >= 4 is 60.5 Å². The highest BCUT2D eigenvalue weighted by molar-refractivity contribution is 6.22. The van der Waals surface area contributed by atoms with Crippen molar-refractivity contribution in [3.63, 3.8) is 0 Å². The van der Waals surface area contributed by atoms with Gasteiger partial charge in [0.25, 0.3) is 0 Å². The van der Waals surface area contributed by atoms with Crippen LogP contribution < -0.4 is 0 Å². The first-order chi connectivity index (χ1) is 29.2. The van der Waals surface area contributed by atoms with Crippen molar-refractivity contribution in [1.82, 2.24) is 19.9 Å². The van der Waals surface area contributed by atoms with Crippen LogP contribution in [0.4, 0.5) is 0 Å². The molecule has 0 fully saturated rings. The van der Waals surface area contributed by atoms with Gasteiger partial charge in [-0.1, -0.05) is 158 Å². The van der Waals surface area contributed by atoms with E-state index in [-0.39, 0.29) is 0 Å². The van der Waals surface area contributed by atoms with Crippen molar-refractivity contribution in [2.45, 2.75) is 12.8 Å². The number of aryl methyl sites for hydroxylation is 1. The maximum Gasteiger partial charge on any atom is 0.164 e. The zero-order chi connectivity index (χ0) is 38.9. The third-order valence-corrected chi connectivity index (χ3v) is 11.8. The molecule has 5 nitrogen and oxygen atoms in total. The van der Waals surface area contributed by atoms with Crippen LogP contribution in [0.2, 0.25) is 0 Å². The lowest BCUT2D eigenvalue weighted by Crippen LogP contribution is -2.01. The van der Waals surface area contributed by atoms with Crippen molar-refractivity contribution in [2.75, 3.05) is 0 Å². The number of pyridine rings is 1. The summed E-state index contributed by atoms with van der Waals surface area (Å²) in [7, 11) is 0. The number of allylic oxidation sites excluding steroid dienone is 1. The zero-order valence-electron chi connectivity index (χ0n) is 31.9. The minimum Gasteiger partial charge on any atom is -0.454 e. The fourth-order valence-electron chi connectivity index (χ4n) is 9.02. The third kappa shape index (κ3) is 5.47. The van der Waals surface area contributed by atoms with Crippen LogP contribution in [0.1, 0.15) is 17.5 Å². The summed E-state index contributed by atoms with van der Waals surface area (Å²) in [6.45, 7) is 0. The first-order valence-electron chi connectivity index (χ1n) is 20.1. The second kappa shape index (κ2) is 13.4. The molecular formula is C54H34N4O. The number of aromatic nitrogens is 4. The van der Waals surface area contributed by atoms with Crippen molar-refractivity contribution in [2.24, 2.45) is 0 Å². The Labute approximate surface area is 340 Å². The maximum atomic E-state index is 6.62. The number of para-hydroxylation sites is 2. The topological polar surface area (TPSA) is 64.7 Å². The van der Waals surface area contributed by atoms with Gasteiger partial charge < -0.3 is 4.42 Å². The van der Waals surface area contributed by atoms with Gasteiger partial charge >= 0.3 is 0 Å². The van der Waals surface area contributed by atoms with Crippen LogP contribution in [0.15, 0.2) is 180 Å². The second-order valence-corrected chi connectivity index (χ2v) is 15.2. The number of hydrogen-bond acceptors (Lipinski definition) is 5. The van der Waals surface area contributed by atoms with E-state index < -0.39 is 0 Å². The fraction of sp³-hybridized carbons (Fsp3) is 0.0370. The van der Waals surface area contributed by atoms with Crippen LogP contribution in [0, 0.1) is 0 Å². The summed E-state index contributed by atoms with van der Waals surface area (Å²) < 4.78 is 6.62. The lowest BCUT2D eigenvalue weighted by molar-refractivity contribution is 0.669. The minimum atomic E-state index is 0.606. The maximum absolute atomic E-state index is 6.62. The highest BCUT2D eigenvalue weighted by atomic mass is 16.3. The highest BCUT2D eigenvalue weighted by Crippen LogP contribution is 2.43. The molecule has 3 aromatic heterocycles. The summed E-state index contributed by atoms with van der Waals surface area (Å²) in [5.74, 6) is 1.85. The molecule has 0 N–H and O–H groups in total. The Morgan fingerprint density at radius 3 is 1.86 bits per heavy atom. The van der Waals surface area contributed by atoms with Crippen LogP contribution >= 0.6 is 0 Å². The van der Waals surface area contributed by atoms with Crippen LogP contribution in [0.3, 0.4) is 0 Å². The monoisotopic (exact) mass is 754 g/mol. The molecule has 0 spiro atoms. The molecule has 59 heavy (non-hydrogen) atoms. The molecule has 1 aliphatic carbocycles. The minimum absolute atomic E-state index is 0.606. The summed E-state index contributed by atoms with van der Waals surface area (Å²) >= 11 is 0. The summed E-state index contributed by atoms with van der Waals surface area (Å²) in [5, 5.41) is 7.90. The van der Waals surface area contributed by atoms with Crippen LogP contribution in [-0.2, 0) is 6.42 Å². The lowest BCUT2D eigenvalue weighted by Gasteiger charge is -2.19. The van der Waals surface area contributed by atoms with E-state index in [1.807, 2.05) is 48.5 Å². The molecule has 276 valence electrons. The summed E-state index contributed by atoms with van der Waals surface area (Å²) in [6.07, 6.45) is 6.70. The van der Waals surface area contributed by atoms with Gasteiger partial charge in [-0.3, -0.25) is 0 Å². The zero-order valence-corrected chi connectivity index (χ0v) is 31.9. The van der Waals surface area contributed by atoms with E-state index in [9.17, 15) is 0 Å². The first kappa shape index (κ1) is 33.4. The predicted octanol–water partition coefficient (Wildman–Crippen LogP) is 13.9. The van der Waals surface area contributed by atoms with Crippen molar-refractivity contribution in [3.05, 3.63) is 187 Å². The first-order valence-corrected chi connectivity index (χ1v) is 20.1. The lowest BCUT2D eigenvalue weighted by atomic mass is 9.86. The van der Waals surface area contributed by atoms with Gasteiger partial charge in [-0.15, -0.1) is 0 Å². The molecule has 12 rings (SSSR count). The molecule has 0 radical (unpaired) electrons. The van der Waals surface area contributed by atoms with Gasteiger partial charge in [0, 0.05) is 38.4 Å². The molecule has 0 amide bonds. The van der Waals surface area contributed by atoms with E-state index in [1.165, 1.54) is 33.0 Å². The third-order valence-electron chi connectivity index (χ3n) is 11.8. The van der Waals surface area contributed by atoms with Gasteiger partial charge in [-0.25, -0.2) is 19.9 Å². The highest BCUT2D eigenvalue weighted by Gasteiger charge is 2.22. The summed E-state index contributed by atoms with van der Waals surface area (Å²) in [6, 6.07) is 59.1. The van der Waals surface area contributed by atoms with Crippen LogP contribution in [0.25, 0.3) is 117 Å². The second-order valence-electron chi connectivity index (χ2n) is 15.2. The van der Waals surface area contributed by atoms with E-state index in [0.717, 1.165) is 84.4 Å². The Morgan fingerprint density at radius 1 is 0.441 bits per heavy atom. The molecule has 1 aliphatic rings. The molecule has 0 saturated heterocycles. The number of rotatable bonds is 5. The smallest absolute Gasteiger partial charge is 0.164 e. The molecule has 0 atom stereocenters. The Hall–Kier alpha value is -7.76.